The van der Waals surface area contributed by atoms with Crippen molar-refractivity contribution in [2.75, 3.05) is 0 Å². The van der Waals surface area contributed by atoms with Crippen molar-refractivity contribution in [3.05, 3.63) is 28.5 Å². The Bertz CT molecular complexity index is 350. The van der Waals surface area contributed by atoms with Crippen molar-refractivity contribution < 1.29 is 14.2 Å². The van der Waals surface area contributed by atoms with E-state index in [0.717, 1.165) is 25.7 Å². The predicted molar refractivity (Wildman–Crippen MR) is 63.0 cm³/mol. The molecule has 0 saturated heterocycles. The van der Waals surface area contributed by atoms with Gasteiger partial charge >= 0.3 is 0 Å². The maximum absolute atomic E-state index is 13.1. The molecule has 0 bridgehead atoms. The SMILES string of the molecule is OC1CCCCC1Oc1cc(F)cc(Br)c1. The molecule has 0 aliphatic heterocycles. The van der Waals surface area contributed by atoms with Gasteiger partial charge in [-0.1, -0.05) is 22.4 Å². The fourth-order valence-electron chi connectivity index (χ4n) is 1.99. The fraction of sp³-hybridized carbons (Fsp3) is 0.500. The van der Waals surface area contributed by atoms with Crippen LogP contribution in [0.3, 0.4) is 0 Å². The fourth-order valence-corrected chi connectivity index (χ4v) is 2.43. The van der Waals surface area contributed by atoms with Gasteiger partial charge in [0.2, 0.25) is 0 Å². The molecule has 2 unspecified atom stereocenters. The molecule has 2 atom stereocenters. The van der Waals surface area contributed by atoms with Crippen LogP contribution in [0.2, 0.25) is 0 Å². The van der Waals surface area contributed by atoms with Crippen molar-refractivity contribution in [3.63, 3.8) is 0 Å². The number of rotatable bonds is 2. The van der Waals surface area contributed by atoms with E-state index in [1.54, 1.807) is 6.07 Å². The monoisotopic (exact) mass is 288 g/mol. The number of benzene rings is 1. The van der Waals surface area contributed by atoms with Crippen LogP contribution in [0.1, 0.15) is 25.7 Å². The van der Waals surface area contributed by atoms with Crippen molar-refractivity contribution in [2.24, 2.45) is 0 Å². The average molecular weight is 289 g/mol. The molecule has 1 aromatic carbocycles. The maximum Gasteiger partial charge on any atom is 0.128 e. The molecule has 2 nitrogen and oxygen atoms in total. The summed E-state index contributed by atoms with van der Waals surface area (Å²) >= 11 is 3.21. The lowest BCUT2D eigenvalue weighted by atomic mass is 9.95. The van der Waals surface area contributed by atoms with Crippen LogP contribution in [0.5, 0.6) is 5.75 Å². The molecule has 1 N–H and O–H groups in total. The Morgan fingerprint density at radius 2 is 2.00 bits per heavy atom. The molecule has 0 amide bonds. The Labute approximate surface area is 103 Å². The zero-order chi connectivity index (χ0) is 11.5. The summed E-state index contributed by atoms with van der Waals surface area (Å²) in [5.41, 5.74) is 0. The van der Waals surface area contributed by atoms with E-state index in [9.17, 15) is 9.50 Å². The molecule has 0 heterocycles. The van der Waals surface area contributed by atoms with E-state index < -0.39 is 6.10 Å². The Kier molecular flexibility index (Phi) is 3.82. The number of hydrogen-bond donors (Lipinski definition) is 1. The first-order valence-electron chi connectivity index (χ1n) is 5.46. The average Bonchev–Trinajstić information content (AvgIpc) is 2.20. The maximum atomic E-state index is 13.1. The van der Waals surface area contributed by atoms with E-state index in [1.165, 1.54) is 12.1 Å². The molecule has 1 fully saturated rings. The number of halogens is 2. The van der Waals surface area contributed by atoms with Crippen molar-refractivity contribution in [1.29, 1.82) is 0 Å². The van der Waals surface area contributed by atoms with Crippen molar-refractivity contribution in [3.8, 4) is 5.75 Å². The molecule has 4 heteroatoms. The Balaban J connectivity index is 2.07. The Morgan fingerprint density at radius 3 is 2.69 bits per heavy atom. The van der Waals surface area contributed by atoms with E-state index in [0.29, 0.717) is 10.2 Å². The van der Waals surface area contributed by atoms with E-state index in [2.05, 4.69) is 15.9 Å². The highest BCUT2D eigenvalue weighted by Gasteiger charge is 2.24. The van der Waals surface area contributed by atoms with Gasteiger partial charge in [0.25, 0.3) is 0 Å². The molecule has 1 aliphatic rings. The Morgan fingerprint density at radius 1 is 1.25 bits per heavy atom. The van der Waals surface area contributed by atoms with Crippen LogP contribution in [-0.2, 0) is 0 Å². The number of hydrogen-bond acceptors (Lipinski definition) is 2. The first-order valence-corrected chi connectivity index (χ1v) is 6.25. The van der Waals surface area contributed by atoms with Crippen LogP contribution >= 0.6 is 15.9 Å². The van der Waals surface area contributed by atoms with Gasteiger partial charge in [-0.25, -0.2) is 4.39 Å². The molecule has 0 radical (unpaired) electrons. The van der Waals surface area contributed by atoms with Crippen LogP contribution in [0.4, 0.5) is 4.39 Å². The van der Waals surface area contributed by atoms with Crippen LogP contribution in [0.25, 0.3) is 0 Å². The minimum absolute atomic E-state index is 0.206. The highest BCUT2D eigenvalue weighted by molar-refractivity contribution is 9.10. The molecular formula is C12H14BrFO2. The van der Waals surface area contributed by atoms with Crippen LogP contribution < -0.4 is 4.74 Å². The van der Waals surface area contributed by atoms with E-state index in [4.69, 9.17) is 4.74 Å². The van der Waals surface area contributed by atoms with Crippen LogP contribution in [0, 0.1) is 5.82 Å². The molecule has 0 aromatic heterocycles. The number of aliphatic hydroxyl groups excluding tert-OH is 1. The molecule has 88 valence electrons. The third-order valence-corrected chi connectivity index (χ3v) is 3.25. The predicted octanol–water partition coefficient (Wildman–Crippen LogP) is 3.27. The summed E-state index contributed by atoms with van der Waals surface area (Å²) in [7, 11) is 0. The second-order valence-corrected chi connectivity index (χ2v) is 5.03. The molecule has 1 aliphatic carbocycles. The first-order chi connectivity index (χ1) is 7.65. The van der Waals surface area contributed by atoms with Gasteiger partial charge in [-0.3, -0.25) is 0 Å². The van der Waals surface area contributed by atoms with Gasteiger partial charge in [0.05, 0.1) is 6.10 Å². The minimum atomic E-state index is -0.434. The molecule has 1 saturated carbocycles. The van der Waals surface area contributed by atoms with Gasteiger partial charge in [0, 0.05) is 10.5 Å². The topological polar surface area (TPSA) is 29.5 Å². The second kappa shape index (κ2) is 5.15. The zero-order valence-electron chi connectivity index (χ0n) is 8.83. The summed E-state index contributed by atoms with van der Waals surface area (Å²) in [6.45, 7) is 0. The summed E-state index contributed by atoms with van der Waals surface area (Å²) < 4.78 is 19.4. The standard InChI is InChI=1S/C12H14BrFO2/c13-8-5-9(14)7-10(6-8)16-12-4-2-1-3-11(12)15/h5-7,11-12,15H,1-4H2. The first kappa shape index (κ1) is 11.9. The normalized spacial score (nSPS) is 25.4. The zero-order valence-corrected chi connectivity index (χ0v) is 10.4. The summed E-state index contributed by atoms with van der Waals surface area (Å²) in [5, 5.41) is 9.74. The number of ether oxygens (including phenoxy) is 1. The van der Waals surface area contributed by atoms with Gasteiger partial charge in [-0.05, 0) is 31.4 Å². The molecular weight excluding hydrogens is 275 g/mol. The summed E-state index contributed by atoms with van der Waals surface area (Å²) in [4.78, 5) is 0. The molecule has 2 rings (SSSR count). The third kappa shape index (κ3) is 2.95. The number of aliphatic hydroxyl groups is 1. The summed E-state index contributed by atoms with van der Waals surface area (Å²) in [5.74, 6) is 0.132. The van der Waals surface area contributed by atoms with E-state index >= 15 is 0 Å². The van der Waals surface area contributed by atoms with E-state index in [1.807, 2.05) is 0 Å². The minimum Gasteiger partial charge on any atom is -0.488 e. The summed E-state index contributed by atoms with van der Waals surface area (Å²) in [6, 6.07) is 4.43. The van der Waals surface area contributed by atoms with Crippen LogP contribution in [0.15, 0.2) is 22.7 Å². The largest absolute Gasteiger partial charge is 0.488 e. The Hall–Kier alpha value is -0.610. The quantitative estimate of drug-likeness (QED) is 0.905. The van der Waals surface area contributed by atoms with Crippen molar-refractivity contribution >= 4 is 15.9 Å². The molecule has 0 spiro atoms. The van der Waals surface area contributed by atoms with Crippen LogP contribution in [-0.4, -0.2) is 17.3 Å². The molecule has 16 heavy (non-hydrogen) atoms. The summed E-state index contributed by atoms with van der Waals surface area (Å²) in [6.07, 6.45) is 3.04. The highest BCUT2D eigenvalue weighted by Crippen LogP contribution is 2.26. The van der Waals surface area contributed by atoms with Gasteiger partial charge in [0.15, 0.2) is 0 Å². The van der Waals surface area contributed by atoms with Crippen molar-refractivity contribution in [2.45, 2.75) is 37.9 Å². The molecule has 1 aromatic rings. The lowest BCUT2D eigenvalue weighted by Gasteiger charge is -2.28. The second-order valence-electron chi connectivity index (χ2n) is 4.11. The van der Waals surface area contributed by atoms with Gasteiger partial charge in [0.1, 0.15) is 17.7 Å². The highest BCUT2D eigenvalue weighted by atomic mass is 79.9. The smallest absolute Gasteiger partial charge is 0.128 e. The third-order valence-electron chi connectivity index (χ3n) is 2.79. The van der Waals surface area contributed by atoms with Gasteiger partial charge in [-0.2, -0.15) is 0 Å². The van der Waals surface area contributed by atoms with Gasteiger partial charge < -0.3 is 9.84 Å². The lowest BCUT2D eigenvalue weighted by Crippen LogP contribution is -2.34. The van der Waals surface area contributed by atoms with E-state index in [-0.39, 0.29) is 11.9 Å². The van der Waals surface area contributed by atoms with Gasteiger partial charge in [-0.15, -0.1) is 0 Å². The van der Waals surface area contributed by atoms with Crippen molar-refractivity contribution in [1.82, 2.24) is 0 Å². The lowest BCUT2D eigenvalue weighted by molar-refractivity contribution is 0.00670.